The number of aromatic amines is 1. The molecule has 158 valence electrons. The minimum absolute atomic E-state index is 0.0136. The second-order valence-corrected chi connectivity index (χ2v) is 8.76. The Morgan fingerprint density at radius 3 is 2.29 bits per heavy atom. The van der Waals surface area contributed by atoms with Crippen molar-refractivity contribution in [1.29, 1.82) is 0 Å². The van der Waals surface area contributed by atoms with Crippen LogP contribution in [0.25, 0.3) is 16.0 Å². The summed E-state index contributed by atoms with van der Waals surface area (Å²) in [7, 11) is 0. The lowest BCUT2D eigenvalue weighted by molar-refractivity contribution is -0.117. The van der Waals surface area contributed by atoms with E-state index in [0.29, 0.717) is 27.2 Å². The van der Waals surface area contributed by atoms with Crippen molar-refractivity contribution in [2.75, 3.05) is 0 Å². The normalized spacial score (nSPS) is 10.8. The molecule has 31 heavy (non-hydrogen) atoms. The van der Waals surface area contributed by atoms with E-state index in [4.69, 9.17) is 29.8 Å². The van der Waals surface area contributed by atoms with Crippen LogP contribution in [0.4, 0.5) is 5.69 Å². The number of nitrogens with zero attached hydrogens (tertiary/aromatic N) is 1. The average molecular weight is 453 g/mol. The van der Waals surface area contributed by atoms with Gasteiger partial charge in [0, 0.05) is 30.7 Å². The molecule has 3 aromatic rings. The van der Waals surface area contributed by atoms with Crippen molar-refractivity contribution >= 4 is 34.7 Å². The number of hydrogen-bond acceptors (Lipinski definition) is 2. The fourth-order valence-corrected chi connectivity index (χ4v) is 4.26. The first-order chi connectivity index (χ1) is 14.8. The van der Waals surface area contributed by atoms with E-state index in [9.17, 15) is 9.59 Å². The minimum atomic E-state index is -0.205. The van der Waals surface area contributed by atoms with Crippen LogP contribution in [0.3, 0.4) is 0 Å². The molecule has 0 amide bonds. The van der Waals surface area contributed by atoms with Crippen LogP contribution in [0.5, 0.6) is 0 Å². The Morgan fingerprint density at radius 1 is 1.03 bits per heavy atom. The summed E-state index contributed by atoms with van der Waals surface area (Å²) in [5.41, 5.74) is 4.29. The van der Waals surface area contributed by atoms with Crippen LogP contribution in [-0.2, 0) is 24.1 Å². The monoisotopic (exact) mass is 452 g/mol. The highest BCUT2D eigenvalue weighted by Gasteiger charge is 2.15. The first-order valence-corrected chi connectivity index (χ1v) is 10.7. The maximum Gasteiger partial charge on any atom is 0.247 e. The van der Waals surface area contributed by atoms with Crippen LogP contribution in [0.2, 0.25) is 10.0 Å². The predicted molar refractivity (Wildman–Crippen MR) is 126 cm³/mol. The maximum atomic E-state index is 12.4. The minimum Gasteiger partial charge on any atom is -0.329 e. The quantitative estimate of drug-likeness (QED) is 0.418. The smallest absolute Gasteiger partial charge is 0.247 e. The predicted octanol–water partition coefficient (Wildman–Crippen LogP) is 6.45. The number of nitrogens with one attached hydrogen (secondary N) is 1. The number of benzene rings is 2. The molecule has 1 heterocycles. The molecule has 0 radical (unpaired) electrons. The van der Waals surface area contributed by atoms with Crippen molar-refractivity contribution in [2.45, 2.75) is 33.1 Å². The van der Waals surface area contributed by atoms with E-state index in [1.165, 1.54) is 6.07 Å². The lowest BCUT2D eigenvalue weighted by Gasteiger charge is -2.13. The van der Waals surface area contributed by atoms with Gasteiger partial charge in [0.05, 0.1) is 16.6 Å². The van der Waals surface area contributed by atoms with Gasteiger partial charge in [0.25, 0.3) is 0 Å². The Morgan fingerprint density at radius 2 is 1.71 bits per heavy atom. The Hall–Kier alpha value is -2.87. The molecule has 0 spiro atoms. The zero-order valence-corrected chi connectivity index (χ0v) is 18.8. The number of H-pyrrole nitrogens is 1. The van der Waals surface area contributed by atoms with Gasteiger partial charge in [0.1, 0.15) is 5.78 Å². The van der Waals surface area contributed by atoms with Gasteiger partial charge in [-0.3, -0.25) is 9.59 Å². The SMILES string of the molecule is [C-]#[N+]c1cc(-c2c(Cl)cc(CC(=O)Cc3ccc(=O)[nH]c3)cc2Cl)ccc1CC(C)C. The van der Waals surface area contributed by atoms with Gasteiger partial charge in [-0.2, -0.15) is 0 Å². The molecule has 2 aromatic carbocycles. The molecule has 1 N–H and O–H groups in total. The van der Waals surface area contributed by atoms with Crippen LogP contribution in [0.1, 0.15) is 30.5 Å². The van der Waals surface area contributed by atoms with Crippen molar-refractivity contribution in [3.05, 3.63) is 97.2 Å². The molecule has 0 aliphatic rings. The molecular formula is C25H22Cl2N2O2. The molecule has 0 bridgehead atoms. The van der Waals surface area contributed by atoms with Crippen molar-refractivity contribution in [3.8, 4) is 11.1 Å². The van der Waals surface area contributed by atoms with E-state index in [1.54, 1.807) is 24.4 Å². The first kappa shape index (κ1) is 22.8. The first-order valence-electron chi connectivity index (χ1n) is 9.94. The molecule has 0 saturated heterocycles. The summed E-state index contributed by atoms with van der Waals surface area (Å²) in [6.45, 7) is 11.7. The number of aromatic nitrogens is 1. The number of hydrogen-bond donors (Lipinski definition) is 1. The third-order valence-corrected chi connectivity index (χ3v) is 5.47. The van der Waals surface area contributed by atoms with Crippen molar-refractivity contribution in [2.24, 2.45) is 5.92 Å². The van der Waals surface area contributed by atoms with Gasteiger partial charge in [-0.25, -0.2) is 4.85 Å². The van der Waals surface area contributed by atoms with Crippen LogP contribution in [-0.4, -0.2) is 10.8 Å². The van der Waals surface area contributed by atoms with Gasteiger partial charge in [-0.15, -0.1) is 0 Å². The van der Waals surface area contributed by atoms with E-state index >= 15 is 0 Å². The van der Waals surface area contributed by atoms with Gasteiger partial charge in [-0.05, 0) is 52.8 Å². The average Bonchev–Trinajstić information content (AvgIpc) is 2.69. The van der Waals surface area contributed by atoms with E-state index < -0.39 is 0 Å². The summed E-state index contributed by atoms with van der Waals surface area (Å²) in [5, 5.41) is 0.874. The van der Waals surface area contributed by atoms with Crippen LogP contribution in [0, 0.1) is 12.5 Å². The molecule has 0 unspecified atom stereocenters. The van der Waals surface area contributed by atoms with Gasteiger partial charge in [-0.1, -0.05) is 55.2 Å². The fraction of sp³-hybridized carbons (Fsp3) is 0.240. The molecule has 6 heteroatoms. The third-order valence-electron chi connectivity index (χ3n) is 4.88. The van der Waals surface area contributed by atoms with Crippen molar-refractivity contribution < 1.29 is 4.79 Å². The molecular weight excluding hydrogens is 431 g/mol. The summed E-state index contributed by atoms with van der Waals surface area (Å²) in [5.74, 6) is 0.437. The molecule has 0 atom stereocenters. The number of rotatable bonds is 7. The van der Waals surface area contributed by atoms with Gasteiger partial charge in [0.2, 0.25) is 5.56 Å². The Labute approximate surface area is 191 Å². The molecule has 1 aromatic heterocycles. The molecule has 0 fully saturated rings. The number of pyridine rings is 1. The second-order valence-electron chi connectivity index (χ2n) is 7.94. The Kier molecular flexibility index (Phi) is 7.33. The summed E-state index contributed by atoms with van der Waals surface area (Å²) in [6.07, 6.45) is 2.76. The topological polar surface area (TPSA) is 54.3 Å². The van der Waals surface area contributed by atoms with E-state index in [0.717, 1.165) is 28.7 Å². The fourth-order valence-electron chi connectivity index (χ4n) is 3.51. The number of carbonyl (C=O) groups is 1. The third kappa shape index (κ3) is 5.85. The molecule has 0 saturated carbocycles. The Balaban J connectivity index is 1.83. The van der Waals surface area contributed by atoms with Gasteiger partial charge < -0.3 is 4.98 Å². The molecule has 0 aliphatic carbocycles. The van der Waals surface area contributed by atoms with E-state index in [-0.39, 0.29) is 24.2 Å². The van der Waals surface area contributed by atoms with E-state index in [1.807, 2.05) is 18.2 Å². The largest absolute Gasteiger partial charge is 0.329 e. The van der Waals surface area contributed by atoms with Crippen molar-refractivity contribution in [3.63, 3.8) is 0 Å². The van der Waals surface area contributed by atoms with Crippen LogP contribution >= 0.6 is 23.2 Å². The lowest BCUT2D eigenvalue weighted by atomic mass is 9.96. The number of ketones is 1. The summed E-state index contributed by atoms with van der Waals surface area (Å²) < 4.78 is 0. The highest BCUT2D eigenvalue weighted by molar-refractivity contribution is 6.39. The van der Waals surface area contributed by atoms with Crippen LogP contribution in [0.15, 0.2) is 53.5 Å². The Bertz CT molecular complexity index is 1180. The zero-order chi connectivity index (χ0) is 22.5. The number of Topliss-reactive ketones (excluding diaryl/α,β-unsaturated/α-hetero) is 1. The zero-order valence-electron chi connectivity index (χ0n) is 17.3. The van der Waals surface area contributed by atoms with Crippen LogP contribution < -0.4 is 5.56 Å². The summed E-state index contributed by atoms with van der Waals surface area (Å²) in [6, 6.07) is 12.2. The number of halogens is 2. The second kappa shape index (κ2) is 9.96. The van der Waals surface area contributed by atoms with Gasteiger partial charge >= 0.3 is 0 Å². The summed E-state index contributed by atoms with van der Waals surface area (Å²) >= 11 is 13.1. The standard InChI is InChI=1S/C25H22Cl2N2O2/c1-15(2)8-18-5-6-19(13-23(18)28-3)25-21(26)11-17(12-22(25)27)10-20(30)9-16-4-7-24(31)29-14-16/h4-7,11-15H,8-10H2,1-2H3,(H,29,31). The number of carbonyl (C=O) groups excluding carboxylic acids is 1. The van der Waals surface area contributed by atoms with E-state index in [2.05, 4.69) is 23.7 Å². The molecule has 0 aliphatic heterocycles. The maximum absolute atomic E-state index is 12.4. The van der Waals surface area contributed by atoms with Crippen molar-refractivity contribution in [1.82, 2.24) is 4.98 Å². The highest BCUT2D eigenvalue weighted by Crippen LogP contribution is 2.38. The lowest BCUT2D eigenvalue weighted by Crippen LogP contribution is -2.09. The molecule has 3 rings (SSSR count). The summed E-state index contributed by atoms with van der Waals surface area (Å²) in [4.78, 5) is 29.8. The van der Waals surface area contributed by atoms with Gasteiger partial charge in [0.15, 0.2) is 5.69 Å². The molecule has 4 nitrogen and oxygen atoms in total. The highest BCUT2D eigenvalue weighted by atomic mass is 35.5.